The van der Waals surface area contributed by atoms with E-state index in [4.69, 9.17) is 9.47 Å². The molecule has 0 amide bonds. The van der Waals surface area contributed by atoms with Crippen LogP contribution in [0.1, 0.15) is 6.92 Å². The number of benzene rings is 1. The van der Waals surface area contributed by atoms with Crippen molar-refractivity contribution in [2.45, 2.75) is 13.7 Å². The molecule has 2 aromatic rings. The minimum absolute atomic E-state index is 0.590. The maximum atomic E-state index is 5.38. The number of aromatic nitrogens is 1. The van der Waals surface area contributed by atoms with E-state index in [1.807, 2.05) is 31.3 Å². The summed E-state index contributed by atoms with van der Waals surface area (Å²) >= 11 is 0. The zero-order valence-electron chi connectivity index (χ0n) is 9.06. The van der Waals surface area contributed by atoms with Crippen LogP contribution in [0.3, 0.4) is 0 Å². The van der Waals surface area contributed by atoms with Crippen LogP contribution >= 0.6 is 0 Å². The summed E-state index contributed by atoms with van der Waals surface area (Å²) in [4.78, 5) is 0. The Kier molecular flexibility index (Phi) is 2.92. The summed E-state index contributed by atoms with van der Waals surface area (Å²) in [6.45, 7) is 3.31. The van der Waals surface area contributed by atoms with E-state index in [1.54, 1.807) is 7.11 Å². The van der Waals surface area contributed by atoms with Crippen LogP contribution < -0.4 is 4.74 Å². The van der Waals surface area contributed by atoms with E-state index in [2.05, 4.69) is 10.6 Å². The Morgan fingerprint density at radius 1 is 1.27 bits per heavy atom. The molecule has 3 heteroatoms. The molecule has 0 unspecified atom stereocenters. The predicted octanol–water partition coefficient (Wildman–Crippen LogP) is 2.64. The second kappa shape index (κ2) is 4.36. The van der Waals surface area contributed by atoms with Crippen molar-refractivity contribution in [3.05, 3.63) is 30.5 Å². The quantitative estimate of drug-likeness (QED) is 0.766. The normalized spacial score (nSPS) is 10.8. The molecule has 0 bridgehead atoms. The first-order valence-electron chi connectivity index (χ1n) is 5.06. The summed E-state index contributed by atoms with van der Waals surface area (Å²) in [6.07, 6.45) is 2.02. The number of methoxy groups -OCH3 is 1. The van der Waals surface area contributed by atoms with Crippen molar-refractivity contribution >= 4 is 10.9 Å². The van der Waals surface area contributed by atoms with Gasteiger partial charge in [-0.05, 0) is 25.1 Å². The molecule has 0 aliphatic carbocycles. The first-order chi connectivity index (χ1) is 7.36. The van der Waals surface area contributed by atoms with Crippen molar-refractivity contribution in [2.24, 2.45) is 0 Å². The van der Waals surface area contributed by atoms with Gasteiger partial charge in [-0.15, -0.1) is 0 Å². The van der Waals surface area contributed by atoms with E-state index in [-0.39, 0.29) is 0 Å². The van der Waals surface area contributed by atoms with E-state index in [0.29, 0.717) is 6.73 Å². The van der Waals surface area contributed by atoms with Gasteiger partial charge in [0, 0.05) is 18.2 Å². The molecule has 3 nitrogen and oxygen atoms in total. The summed E-state index contributed by atoms with van der Waals surface area (Å²) in [5.41, 5.74) is 1.14. The third-order valence-corrected chi connectivity index (χ3v) is 2.43. The number of ether oxygens (including phenoxy) is 2. The lowest BCUT2D eigenvalue weighted by molar-refractivity contribution is 0.0909. The highest BCUT2D eigenvalue weighted by Gasteiger charge is 2.04. The van der Waals surface area contributed by atoms with Gasteiger partial charge >= 0.3 is 0 Å². The van der Waals surface area contributed by atoms with Crippen molar-refractivity contribution < 1.29 is 9.47 Å². The van der Waals surface area contributed by atoms with Gasteiger partial charge < -0.3 is 14.0 Å². The van der Waals surface area contributed by atoms with Crippen LogP contribution in [0.15, 0.2) is 30.5 Å². The van der Waals surface area contributed by atoms with E-state index < -0.39 is 0 Å². The Bertz CT molecular complexity index is 448. The van der Waals surface area contributed by atoms with Gasteiger partial charge in [-0.2, -0.15) is 0 Å². The van der Waals surface area contributed by atoms with Crippen LogP contribution in [-0.4, -0.2) is 18.3 Å². The standard InChI is InChI=1S/C12H15NO2/c1-3-15-9-13-8-7-10-11(13)5-4-6-12(10)14-2/h4-8H,3,9H2,1-2H3. The molecule has 2 rings (SSSR count). The Morgan fingerprint density at radius 3 is 2.87 bits per heavy atom. The monoisotopic (exact) mass is 205 g/mol. The SMILES string of the molecule is CCOCn1ccc2c(OC)cccc21. The fourth-order valence-corrected chi connectivity index (χ4v) is 1.68. The molecule has 80 valence electrons. The van der Waals surface area contributed by atoms with Gasteiger partial charge in [0.15, 0.2) is 0 Å². The molecule has 0 atom stereocenters. The average Bonchev–Trinajstić information content (AvgIpc) is 2.69. The van der Waals surface area contributed by atoms with Gasteiger partial charge in [0.1, 0.15) is 12.5 Å². The second-order valence-electron chi connectivity index (χ2n) is 3.30. The van der Waals surface area contributed by atoms with Gasteiger partial charge in [0.25, 0.3) is 0 Å². The minimum atomic E-state index is 0.590. The number of rotatable bonds is 4. The Morgan fingerprint density at radius 2 is 2.13 bits per heavy atom. The van der Waals surface area contributed by atoms with Crippen LogP contribution in [0.4, 0.5) is 0 Å². The minimum Gasteiger partial charge on any atom is -0.496 e. The zero-order valence-corrected chi connectivity index (χ0v) is 9.06. The van der Waals surface area contributed by atoms with Crippen molar-refractivity contribution in [3.8, 4) is 5.75 Å². The van der Waals surface area contributed by atoms with Gasteiger partial charge in [-0.3, -0.25) is 0 Å². The van der Waals surface area contributed by atoms with Crippen LogP contribution in [0.2, 0.25) is 0 Å². The highest BCUT2D eigenvalue weighted by Crippen LogP contribution is 2.26. The third kappa shape index (κ3) is 1.83. The van der Waals surface area contributed by atoms with Crippen molar-refractivity contribution in [1.29, 1.82) is 0 Å². The van der Waals surface area contributed by atoms with Gasteiger partial charge in [0.2, 0.25) is 0 Å². The van der Waals surface area contributed by atoms with E-state index in [9.17, 15) is 0 Å². The summed E-state index contributed by atoms with van der Waals surface area (Å²) in [5.74, 6) is 0.905. The molecular formula is C12H15NO2. The first kappa shape index (κ1) is 10.1. The molecular weight excluding hydrogens is 190 g/mol. The predicted molar refractivity (Wildman–Crippen MR) is 60.1 cm³/mol. The number of hydrogen-bond acceptors (Lipinski definition) is 2. The Balaban J connectivity index is 2.42. The molecule has 0 fully saturated rings. The van der Waals surface area contributed by atoms with E-state index in [0.717, 1.165) is 23.3 Å². The molecule has 0 spiro atoms. The topological polar surface area (TPSA) is 23.4 Å². The highest BCUT2D eigenvalue weighted by atomic mass is 16.5. The van der Waals surface area contributed by atoms with Crippen LogP contribution in [0.5, 0.6) is 5.75 Å². The lowest BCUT2D eigenvalue weighted by Crippen LogP contribution is -2.00. The zero-order chi connectivity index (χ0) is 10.7. The first-order valence-corrected chi connectivity index (χ1v) is 5.06. The van der Waals surface area contributed by atoms with Crippen LogP contribution in [0.25, 0.3) is 10.9 Å². The van der Waals surface area contributed by atoms with Crippen molar-refractivity contribution in [3.63, 3.8) is 0 Å². The maximum absolute atomic E-state index is 5.38. The molecule has 0 saturated heterocycles. The van der Waals surface area contributed by atoms with Gasteiger partial charge in [-0.1, -0.05) is 6.07 Å². The molecule has 1 aromatic carbocycles. The summed E-state index contributed by atoms with van der Waals surface area (Å²) in [7, 11) is 1.69. The molecule has 0 radical (unpaired) electrons. The van der Waals surface area contributed by atoms with Crippen molar-refractivity contribution in [2.75, 3.05) is 13.7 Å². The molecule has 0 aliphatic heterocycles. The largest absolute Gasteiger partial charge is 0.496 e. The number of hydrogen-bond donors (Lipinski definition) is 0. The number of nitrogens with zero attached hydrogens (tertiary/aromatic N) is 1. The molecule has 1 aromatic heterocycles. The van der Waals surface area contributed by atoms with Crippen LogP contribution in [0, 0.1) is 0 Å². The molecule has 0 N–H and O–H groups in total. The Hall–Kier alpha value is -1.48. The maximum Gasteiger partial charge on any atom is 0.128 e. The summed E-state index contributed by atoms with van der Waals surface area (Å²) in [5, 5.41) is 1.12. The average molecular weight is 205 g/mol. The van der Waals surface area contributed by atoms with Crippen molar-refractivity contribution in [1.82, 2.24) is 4.57 Å². The summed E-state index contributed by atoms with van der Waals surface area (Å²) in [6, 6.07) is 8.07. The molecule has 15 heavy (non-hydrogen) atoms. The second-order valence-corrected chi connectivity index (χ2v) is 3.30. The molecule has 0 aliphatic rings. The Labute approximate surface area is 89.2 Å². The van der Waals surface area contributed by atoms with Gasteiger partial charge in [-0.25, -0.2) is 0 Å². The molecule has 1 heterocycles. The lowest BCUT2D eigenvalue weighted by Gasteiger charge is -2.06. The summed E-state index contributed by atoms with van der Waals surface area (Å²) < 4.78 is 12.7. The van der Waals surface area contributed by atoms with E-state index in [1.165, 1.54) is 0 Å². The lowest BCUT2D eigenvalue weighted by atomic mass is 10.2. The van der Waals surface area contributed by atoms with E-state index >= 15 is 0 Å². The highest BCUT2D eigenvalue weighted by molar-refractivity contribution is 5.86. The fraction of sp³-hybridized carbons (Fsp3) is 0.333. The molecule has 0 saturated carbocycles. The number of fused-ring (bicyclic) bond motifs is 1. The third-order valence-electron chi connectivity index (χ3n) is 2.43. The van der Waals surface area contributed by atoms with Gasteiger partial charge in [0.05, 0.1) is 12.6 Å². The smallest absolute Gasteiger partial charge is 0.128 e. The van der Waals surface area contributed by atoms with Crippen LogP contribution in [-0.2, 0) is 11.5 Å². The fourth-order valence-electron chi connectivity index (χ4n) is 1.68.